The topological polar surface area (TPSA) is 35.6 Å². The highest BCUT2D eigenvalue weighted by Crippen LogP contribution is 2.28. The van der Waals surface area contributed by atoms with Gasteiger partial charge in [0.25, 0.3) is 0 Å². The zero-order valence-corrected chi connectivity index (χ0v) is 15.4. The van der Waals surface area contributed by atoms with Crippen molar-refractivity contribution in [3.8, 4) is 0 Å². The molecule has 0 aromatic carbocycles. The number of nitrogens with zero attached hydrogens (tertiary/aromatic N) is 2. The predicted molar refractivity (Wildman–Crippen MR) is 99.6 cm³/mol. The van der Waals surface area contributed by atoms with Crippen LogP contribution in [0.2, 0.25) is 0 Å². The van der Waals surface area contributed by atoms with Crippen molar-refractivity contribution < 1.29 is 4.79 Å². The maximum Gasteiger partial charge on any atom is 0.317 e. The first-order chi connectivity index (χ1) is 11.8. The molecule has 2 aliphatic heterocycles. The third kappa shape index (κ3) is 3.50. The number of hydrogen-bond acceptors (Lipinski definition) is 4. The van der Waals surface area contributed by atoms with Crippen molar-refractivity contribution in [2.24, 2.45) is 0 Å². The minimum atomic E-state index is 0.0839. The number of carbonyl (C=O) groups is 1. The molecule has 2 aromatic heterocycles. The minimum Gasteiger partial charge on any atom is -0.333 e. The Kier molecular flexibility index (Phi) is 4.87. The molecule has 0 atom stereocenters. The van der Waals surface area contributed by atoms with E-state index in [4.69, 9.17) is 0 Å². The lowest BCUT2D eigenvalue weighted by Crippen LogP contribution is -2.50. The molecule has 1 N–H and O–H groups in total. The van der Waals surface area contributed by atoms with Gasteiger partial charge < -0.3 is 10.2 Å². The molecule has 4 rings (SSSR count). The number of carbonyl (C=O) groups excluding carboxylic acids is 1. The largest absolute Gasteiger partial charge is 0.333 e. The molecule has 0 aliphatic carbocycles. The van der Waals surface area contributed by atoms with E-state index in [1.807, 2.05) is 27.7 Å². The van der Waals surface area contributed by atoms with Crippen LogP contribution in [-0.4, -0.2) is 41.5 Å². The highest BCUT2D eigenvalue weighted by atomic mass is 32.1. The van der Waals surface area contributed by atoms with Crippen molar-refractivity contribution in [1.29, 1.82) is 0 Å². The Balaban J connectivity index is 1.25. The molecule has 4 nitrogen and oxygen atoms in total. The third-order valence-electron chi connectivity index (χ3n) is 5.10. The first kappa shape index (κ1) is 16.1. The fourth-order valence-electron chi connectivity index (χ4n) is 3.70. The SMILES string of the molecule is O=C(NCc1cccs1)N1CCC(N2CCc3sccc3C2)CC1. The predicted octanol–water partition coefficient (Wildman–Crippen LogP) is 3.54. The molecular formula is C18H23N3OS2. The second-order valence-electron chi connectivity index (χ2n) is 6.55. The molecule has 0 saturated carbocycles. The van der Waals surface area contributed by atoms with E-state index in [0.717, 1.165) is 32.5 Å². The maximum absolute atomic E-state index is 12.3. The zero-order chi connectivity index (χ0) is 16.4. The smallest absolute Gasteiger partial charge is 0.317 e. The van der Waals surface area contributed by atoms with E-state index in [0.29, 0.717) is 12.6 Å². The van der Waals surface area contributed by atoms with Crippen molar-refractivity contribution in [3.63, 3.8) is 0 Å². The van der Waals surface area contributed by atoms with Gasteiger partial charge >= 0.3 is 6.03 Å². The minimum absolute atomic E-state index is 0.0839. The van der Waals surface area contributed by atoms with Crippen LogP contribution in [0.3, 0.4) is 0 Å². The summed E-state index contributed by atoms with van der Waals surface area (Å²) in [5, 5.41) is 7.31. The molecule has 0 bridgehead atoms. The van der Waals surface area contributed by atoms with Crippen LogP contribution in [0, 0.1) is 0 Å². The Bertz CT molecular complexity index is 674. The van der Waals surface area contributed by atoms with Gasteiger partial charge in [-0.3, -0.25) is 4.90 Å². The summed E-state index contributed by atoms with van der Waals surface area (Å²) in [6.45, 7) is 4.64. The molecule has 4 heterocycles. The van der Waals surface area contributed by atoms with Gasteiger partial charge in [-0.05, 0) is 47.7 Å². The van der Waals surface area contributed by atoms with Gasteiger partial charge in [0.2, 0.25) is 0 Å². The van der Waals surface area contributed by atoms with E-state index in [1.54, 1.807) is 16.2 Å². The van der Waals surface area contributed by atoms with Gasteiger partial charge in [0, 0.05) is 42.0 Å². The molecule has 128 valence electrons. The van der Waals surface area contributed by atoms with Gasteiger partial charge in [-0.1, -0.05) is 6.07 Å². The lowest BCUT2D eigenvalue weighted by molar-refractivity contribution is 0.108. The van der Waals surface area contributed by atoms with E-state index in [1.165, 1.54) is 23.4 Å². The summed E-state index contributed by atoms with van der Waals surface area (Å²) in [5.74, 6) is 0. The Morgan fingerprint density at radius 1 is 1.17 bits per heavy atom. The summed E-state index contributed by atoms with van der Waals surface area (Å²) in [7, 11) is 0. The Labute approximate surface area is 151 Å². The van der Waals surface area contributed by atoms with Crippen LogP contribution >= 0.6 is 22.7 Å². The van der Waals surface area contributed by atoms with Crippen LogP contribution in [0.1, 0.15) is 28.2 Å². The first-order valence-corrected chi connectivity index (χ1v) is 10.4. The van der Waals surface area contributed by atoms with Gasteiger partial charge in [0.1, 0.15) is 0 Å². The van der Waals surface area contributed by atoms with Crippen molar-refractivity contribution >= 4 is 28.7 Å². The van der Waals surface area contributed by atoms with Crippen molar-refractivity contribution in [2.75, 3.05) is 19.6 Å². The zero-order valence-electron chi connectivity index (χ0n) is 13.7. The lowest BCUT2D eigenvalue weighted by atomic mass is 10.00. The van der Waals surface area contributed by atoms with Gasteiger partial charge in [0.05, 0.1) is 6.54 Å². The Hall–Kier alpha value is -1.37. The normalized spacial score (nSPS) is 19.2. The van der Waals surface area contributed by atoms with Crippen molar-refractivity contribution in [2.45, 2.75) is 38.4 Å². The molecule has 2 amide bonds. The van der Waals surface area contributed by atoms with Crippen LogP contribution in [0.4, 0.5) is 4.79 Å². The third-order valence-corrected chi connectivity index (χ3v) is 7.00. The van der Waals surface area contributed by atoms with Crippen LogP contribution in [-0.2, 0) is 19.5 Å². The van der Waals surface area contributed by atoms with Gasteiger partial charge in [-0.15, -0.1) is 22.7 Å². The van der Waals surface area contributed by atoms with Crippen LogP contribution in [0.5, 0.6) is 0 Å². The van der Waals surface area contributed by atoms with Crippen molar-refractivity contribution in [3.05, 3.63) is 44.3 Å². The summed E-state index contributed by atoms with van der Waals surface area (Å²) >= 11 is 3.58. The number of thiophene rings is 2. The highest BCUT2D eigenvalue weighted by molar-refractivity contribution is 7.10. The summed E-state index contributed by atoms with van der Waals surface area (Å²) in [6, 6.07) is 7.07. The molecule has 0 radical (unpaired) electrons. The first-order valence-electron chi connectivity index (χ1n) is 8.64. The molecular weight excluding hydrogens is 338 g/mol. The molecule has 24 heavy (non-hydrogen) atoms. The second-order valence-corrected chi connectivity index (χ2v) is 8.58. The molecule has 0 unspecified atom stereocenters. The number of piperidine rings is 1. The molecule has 2 aliphatic rings. The molecule has 2 aromatic rings. The van der Waals surface area contributed by atoms with E-state index in [2.05, 4.69) is 27.7 Å². The quantitative estimate of drug-likeness (QED) is 0.908. The number of urea groups is 1. The van der Waals surface area contributed by atoms with Crippen LogP contribution in [0.25, 0.3) is 0 Å². The fourth-order valence-corrected chi connectivity index (χ4v) is 5.24. The number of hydrogen-bond donors (Lipinski definition) is 1. The Morgan fingerprint density at radius 3 is 2.83 bits per heavy atom. The van der Waals surface area contributed by atoms with Crippen molar-refractivity contribution in [1.82, 2.24) is 15.1 Å². The number of likely N-dealkylation sites (tertiary alicyclic amines) is 1. The maximum atomic E-state index is 12.3. The number of rotatable bonds is 3. The average Bonchev–Trinajstić information content (AvgIpc) is 3.30. The lowest BCUT2D eigenvalue weighted by Gasteiger charge is -2.40. The second kappa shape index (κ2) is 7.25. The Morgan fingerprint density at radius 2 is 2.04 bits per heavy atom. The van der Waals surface area contributed by atoms with E-state index in [-0.39, 0.29) is 6.03 Å². The van der Waals surface area contributed by atoms with E-state index in [9.17, 15) is 4.79 Å². The van der Waals surface area contributed by atoms with Gasteiger partial charge in [0.15, 0.2) is 0 Å². The fraction of sp³-hybridized carbons (Fsp3) is 0.500. The van der Waals surface area contributed by atoms with E-state index < -0.39 is 0 Å². The van der Waals surface area contributed by atoms with Gasteiger partial charge in [-0.25, -0.2) is 4.79 Å². The monoisotopic (exact) mass is 361 g/mol. The van der Waals surface area contributed by atoms with E-state index >= 15 is 0 Å². The van der Waals surface area contributed by atoms with Crippen LogP contribution in [0.15, 0.2) is 29.0 Å². The average molecular weight is 362 g/mol. The van der Waals surface area contributed by atoms with Gasteiger partial charge in [-0.2, -0.15) is 0 Å². The summed E-state index contributed by atoms with van der Waals surface area (Å²) in [6.07, 6.45) is 3.37. The number of nitrogens with one attached hydrogen (secondary N) is 1. The summed E-state index contributed by atoms with van der Waals surface area (Å²) in [5.41, 5.74) is 1.52. The molecule has 0 spiro atoms. The summed E-state index contributed by atoms with van der Waals surface area (Å²) in [4.78, 5) is 19.7. The van der Waals surface area contributed by atoms with Crippen LogP contribution < -0.4 is 5.32 Å². The highest BCUT2D eigenvalue weighted by Gasteiger charge is 2.29. The molecule has 1 saturated heterocycles. The molecule has 1 fully saturated rings. The molecule has 6 heteroatoms. The standard InChI is InChI=1S/C18H23N3OS2/c22-18(19-12-16-2-1-10-23-16)20-7-3-15(4-8-20)21-9-5-17-14(13-21)6-11-24-17/h1-2,6,10-11,15H,3-5,7-9,12-13H2,(H,19,22). The number of fused-ring (bicyclic) bond motifs is 1. The number of amides is 2. The summed E-state index contributed by atoms with van der Waals surface area (Å²) < 4.78 is 0.